The normalized spacial score (nSPS) is 22.2. The number of aliphatic carboxylic acids is 1. The Labute approximate surface area is 93.9 Å². The molecule has 0 amide bonds. The fourth-order valence-corrected chi connectivity index (χ4v) is 2.05. The van der Waals surface area contributed by atoms with Gasteiger partial charge in [-0.05, 0) is 19.4 Å². The summed E-state index contributed by atoms with van der Waals surface area (Å²) in [7, 11) is 1.90. The Morgan fingerprint density at radius 1 is 1.69 bits per heavy atom. The molecule has 1 aliphatic heterocycles. The maximum Gasteiger partial charge on any atom is 0.307 e. The number of carboxylic acid groups (broad SMARTS) is 1. The fourth-order valence-electron chi connectivity index (χ4n) is 2.05. The summed E-state index contributed by atoms with van der Waals surface area (Å²) in [5.41, 5.74) is 0. The Morgan fingerprint density at radius 3 is 3.12 bits per heavy atom. The molecule has 0 spiro atoms. The van der Waals surface area contributed by atoms with Crippen molar-refractivity contribution in [2.45, 2.75) is 19.4 Å². The molecule has 0 bridgehead atoms. The topological polar surface area (TPSA) is 71.2 Å². The average Bonchev–Trinajstić information content (AvgIpc) is 2.65. The number of piperidine rings is 1. The van der Waals surface area contributed by atoms with Gasteiger partial charge in [0.05, 0.1) is 12.5 Å². The van der Waals surface area contributed by atoms with Crippen LogP contribution in [0.5, 0.6) is 0 Å². The van der Waals surface area contributed by atoms with E-state index in [0.717, 1.165) is 25.2 Å². The van der Waals surface area contributed by atoms with Crippen molar-refractivity contribution in [2.24, 2.45) is 13.0 Å². The molecule has 1 atom stereocenters. The van der Waals surface area contributed by atoms with Crippen molar-refractivity contribution in [3.8, 4) is 0 Å². The lowest BCUT2D eigenvalue weighted by Gasteiger charge is -2.29. The van der Waals surface area contributed by atoms with Crippen LogP contribution >= 0.6 is 0 Å². The molecule has 1 aromatic rings. The highest BCUT2D eigenvalue weighted by Crippen LogP contribution is 2.17. The molecule has 6 heteroatoms. The van der Waals surface area contributed by atoms with E-state index in [1.807, 2.05) is 11.6 Å². The van der Waals surface area contributed by atoms with Gasteiger partial charge in [0.1, 0.15) is 12.2 Å². The van der Waals surface area contributed by atoms with Crippen molar-refractivity contribution in [3.05, 3.63) is 12.2 Å². The van der Waals surface area contributed by atoms with E-state index in [0.29, 0.717) is 13.1 Å². The fraction of sp³-hybridized carbons (Fsp3) is 0.700. The van der Waals surface area contributed by atoms with Gasteiger partial charge in [0, 0.05) is 13.6 Å². The van der Waals surface area contributed by atoms with E-state index < -0.39 is 5.97 Å². The Kier molecular flexibility index (Phi) is 3.19. The van der Waals surface area contributed by atoms with E-state index in [1.54, 1.807) is 6.33 Å². The average molecular weight is 224 g/mol. The molecule has 0 saturated carbocycles. The van der Waals surface area contributed by atoms with Crippen LogP contribution in [-0.2, 0) is 18.4 Å². The van der Waals surface area contributed by atoms with Crippen LogP contribution in [0.2, 0.25) is 0 Å². The van der Waals surface area contributed by atoms with Crippen LogP contribution in [0.25, 0.3) is 0 Å². The smallest absolute Gasteiger partial charge is 0.307 e. The Bertz CT molecular complexity index is 377. The summed E-state index contributed by atoms with van der Waals surface area (Å²) in [4.78, 5) is 13.0. The zero-order valence-electron chi connectivity index (χ0n) is 9.33. The lowest BCUT2D eigenvalue weighted by molar-refractivity contribution is -0.143. The van der Waals surface area contributed by atoms with E-state index in [2.05, 4.69) is 15.1 Å². The molecule has 0 aliphatic carbocycles. The van der Waals surface area contributed by atoms with Gasteiger partial charge in [-0.2, -0.15) is 0 Å². The first kappa shape index (κ1) is 11.1. The van der Waals surface area contributed by atoms with Crippen molar-refractivity contribution >= 4 is 5.97 Å². The molecule has 2 rings (SSSR count). The van der Waals surface area contributed by atoms with Gasteiger partial charge >= 0.3 is 5.97 Å². The molecule has 1 aliphatic rings. The van der Waals surface area contributed by atoms with Crippen LogP contribution in [0, 0.1) is 5.92 Å². The van der Waals surface area contributed by atoms with Crippen LogP contribution in [-0.4, -0.2) is 43.8 Å². The van der Waals surface area contributed by atoms with E-state index in [9.17, 15) is 4.79 Å². The zero-order chi connectivity index (χ0) is 11.5. The van der Waals surface area contributed by atoms with Crippen LogP contribution in [0.15, 0.2) is 6.33 Å². The summed E-state index contributed by atoms with van der Waals surface area (Å²) in [6.45, 7) is 2.24. The van der Waals surface area contributed by atoms with Crippen molar-refractivity contribution in [1.82, 2.24) is 19.7 Å². The molecule has 1 unspecified atom stereocenters. The monoisotopic (exact) mass is 224 g/mol. The maximum atomic E-state index is 10.9. The zero-order valence-corrected chi connectivity index (χ0v) is 9.33. The van der Waals surface area contributed by atoms with E-state index in [4.69, 9.17) is 5.11 Å². The highest BCUT2D eigenvalue weighted by molar-refractivity contribution is 5.70. The summed E-state index contributed by atoms with van der Waals surface area (Å²) < 4.78 is 1.87. The van der Waals surface area contributed by atoms with Crippen molar-refractivity contribution in [2.75, 3.05) is 13.1 Å². The SMILES string of the molecule is Cn1cnnc1CN1CCCC(C(=O)O)C1. The number of aromatic nitrogens is 3. The lowest BCUT2D eigenvalue weighted by Crippen LogP contribution is -2.38. The predicted octanol–water partition coefficient (Wildman–Crippen LogP) is 0.112. The number of aryl methyl sites for hydroxylation is 1. The summed E-state index contributed by atoms with van der Waals surface area (Å²) in [6, 6.07) is 0. The first-order chi connectivity index (χ1) is 7.66. The van der Waals surface area contributed by atoms with Crippen LogP contribution < -0.4 is 0 Å². The lowest BCUT2D eigenvalue weighted by atomic mass is 9.98. The van der Waals surface area contributed by atoms with Gasteiger partial charge in [-0.1, -0.05) is 0 Å². The third kappa shape index (κ3) is 2.38. The van der Waals surface area contributed by atoms with E-state index >= 15 is 0 Å². The third-order valence-corrected chi connectivity index (χ3v) is 3.02. The molecule has 1 aromatic heterocycles. The summed E-state index contributed by atoms with van der Waals surface area (Å²) >= 11 is 0. The second-order valence-corrected chi connectivity index (χ2v) is 4.27. The number of likely N-dealkylation sites (tertiary alicyclic amines) is 1. The van der Waals surface area contributed by atoms with Crippen LogP contribution in [0.3, 0.4) is 0 Å². The van der Waals surface area contributed by atoms with Gasteiger partial charge < -0.3 is 9.67 Å². The van der Waals surface area contributed by atoms with Gasteiger partial charge in [0.15, 0.2) is 0 Å². The van der Waals surface area contributed by atoms with Crippen LogP contribution in [0.1, 0.15) is 18.7 Å². The van der Waals surface area contributed by atoms with E-state index in [1.165, 1.54) is 0 Å². The minimum absolute atomic E-state index is 0.234. The molecule has 1 saturated heterocycles. The molecule has 0 aromatic carbocycles. The van der Waals surface area contributed by atoms with Gasteiger partial charge in [0.25, 0.3) is 0 Å². The molecule has 2 heterocycles. The minimum Gasteiger partial charge on any atom is -0.481 e. The van der Waals surface area contributed by atoms with Crippen molar-refractivity contribution in [1.29, 1.82) is 0 Å². The van der Waals surface area contributed by atoms with Crippen molar-refractivity contribution in [3.63, 3.8) is 0 Å². The number of nitrogens with zero attached hydrogens (tertiary/aromatic N) is 4. The van der Waals surface area contributed by atoms with Gasteiger partial charge in [-0.15, -0.1) is 10.2 Å². The summed E-state index contributed by atoms with van der Waals surface area (Å²) in [5, 5.41) is 16.8. The third-order valence-electron chi connectivity index (χ3n) is 3.02. The second kappa shape index (κ2) is 4.61. The summed E-state index contributed by atoms with van der Waals surface area (Å²) in [6.07, 6.45) is 3.38. The molecule has 1 fully saturated rings. The Morgan fingerprint density at radius 2 is 2.50 bits per heavy atom. The molecule has 88 valence electrons. The highest BCUT2D eigenvalue weighted by atomic mass is 16.4. The number of hydrogen-bond acceptors (Lipinski definition) is 4. The molecule has 0 radical (unpaired) electrons. The van der Waals surface area contributed by atoms with Gasteiger partial charge in [-0.3, -0.25) is 9.69 Å². The number of carboxylic acids is 1. The second-order valence-electron chi connectivity index (χ2n) is 4.27. The van der Waals surface area contributed by atoms with Gasteiger partial charge in [0.2, 0.25) is 0 Å². The van der Waals surface area contributed by atoms with E-state index in [-0.39, 0.29) is 5.92 Å². The first-order valence-corrected chi connectivity index (χ1v) is 5.45. The van der Waals surface area contributed by atoms with Crippen LogP contribution in [0.4, 0.5) is 0 Å². The Balaban J connectivity index is 1.95. The van der Waals surface area contributed by atoms with Gasteiger partial charge in [-0.25, -0.2) is 0 Å². The summed E-state index contributed by atoms with van der Waals surface area (Å²) in [5.74, 6) is -0.0457. The maximum absolute atomic E-state index is 10.9. The predicted molar refractivity (Wildman–Crippen MR) is 56.6 cm³/mol. The molecule has 1 N–H and O–H groups in total. The number of rotatable bonds is 3. The minimum atomic E-state index is -0.692. The van der Waals surface area contributed by atoms with Crippen molar-refractivity contribution < 1.29 is 9.90 Å². The molecule has 16 heavy (non-hydrogen) atoms. The number of carbonyl (C=O) groups is 1. The molecular weight excluding hydrogens is 208 g/mol. The standard InChI is InChI=1S/C10H16N4O2/c1-13-7-11-12-9(13)6-14-4-2-3-8(5-14)10(15)16/h7-8H,2-6H2,1H3,(H,15,16). The first-order valence-electron chi connectivity index (χ1n) is 5.45. The molecule has 6 nitrogen and oxygen atoms in total. The number of hydrogen-bond donors (Lipinski definition) is 1. The highest BCUT2D eigenvalue weighted by Gasteiger charge is 2.25. The Hall–Kier alpha value is -1.43. The largest absolute Gasteiger partial charge is 0.481 e. The quantitative estimate of drug-likeness (QED) is 0.789. The molecular formula is C10H16N4O2.